The fourth-order valence-corrected chi connectivity index (χ4v) is 5.92. The number of ether oxygens (including phenoxy) is 2. The standard InChI is InChI=1S/C44H74NO10P/c1-3-5-7-9-11-13-15-17-18-19-20-21-22-24-25-27-29-31-33-35-42(46)52-37-40(38-53-56(50,51)54-39-41(45)44(48)49)55-43(47)36-34-32-30-28-26-23-16-14-12-10-8-6-4-2/h5,7,11,13-14,16-18,20-21,24-25,40-41H,3-4,6,8-10,12,15,19,22-23,26-39,45H2,1-2H3,(H,48,49)(H,50,51)/b7-5-,13-11-,16-14-,18-17-,21-20-,25-24-/t40-,41+/m1/s1. The Morgan fingerprint density at radius 2 is 1.00 bits per heavy atom. The summed E-state index contributed by atoms with van der Waals surface area (Å²) >= 11 is 0. The lowest BCUT2D eigenvalue weighted by atomic mass is 10.1. The summed E-state index contributed by atoms with van der Waals surface area (Å²) in [5.41, 5.74) is 5.32. The van der Waals surface area contributed by atoms with Crippen LogP contribution >= 0.6 is 7.82 Å². The summed E-state index contributed by atoms with van der Waals surface area (Å²) in [5, 5.41) is 8.88. The largest absolute Gasteiger partial charge is 0.480 e. The second-order valence-electron chi connectivity index (χ2n) is 13.7. The summed E-state index contributed by atoms with van der Waals surface area (Å²) in [6.45, 7) is 2.61. The molecule has 0 aliphatic carbocycles. The minimum atomic E-state index is -4.73. The molecule has 0 aliphatic rings. The highest BCUT2D eigenvalue weighted by Crippen LogP contribution is 2.43. The van der Waals surface area contributed by atoms with Gasteiger partial charge in [-0.3, -0.25) is 23.4 Å². The molecule has 0 aromatic rings. The van der Waals surface area contributed by atoms with E-state index in [1.807, 2.05) is 0 Å². The molecule has 0 saturated carbocycles. The van der Waals surface area contributed by atoms with Crippen molar-refractivity contribution in [1.29, 1.82) is 0 Å². The Bertz CT molecular complexity index is 1230. The number of nitrogens with two attached hydrogens (primary N) is 1. The Balaban J connectivity index is 4.46. The highest BCUT2D eigenvalue weighted by molar-refractivity contribution is 7.47. The number of carbonyl (C=O) groups is 3. The number of unbranched alkanes of at least 4 members (excludes halogenated alkanes) is 12. The van der Waals surface area contributed by atoms with E-state index >= 15 is 0 Å². The van der Waals surface area contributed by atoms with Gasteiger partial charge < -0.3 is 25.2 Å². The lowest BCUT2D eigenvalue weighted by Crippen LogP contribution is -2.34. The Hall–Kier alpha value is -3.08. The summed E-state index contributed by atoms with van der Waals surface area (Å²) in [7, 11) is -4.73. The van der Waals surface area contributed by atoms with Crippen LogP contribution in [-0.4, -0.2) is 59.9 Å². The van der Waals surface area contributed by atoms with Gasteiger partial charge in [-0.05, 0) is 83.5 Å². The van der Waals surface area contributed by atoms with Crippen LogP contribution in [0, 0.1) is 0 Å². The quantitative estimate of drug-likeness (QED) is 0.0235. The van der Waals surface area contributed by atoms with Crippen molar-refractivity contribution >= 4 is 25.7 Å². The van der Waals surface area contributed by atoms with Crippen LogP contribution in [0.4, 0.5) is 0 Å². The van der Waals surface area contributed by atoms with E-state index in [2.05, 4.69) is 91.3 Å². The van der Waals surface area contributed by atoms with Gasteiger partial charge in [0.2, 0.25) is 0 Å². The predicted octanol–water partition coefficient (Wildman–Crippen LogP) is 10.9. The summed E-state index contributed by atoms with van der Waals surface area (Å²) in [6.07, 6.45) is 45.4. The van der Waals surface area contributed by atoms with Crippen molar-refractivity contribution in [3.63, 3.8) is 0 Å². The maximum Gasteiger partial charge on any atom is 0.472 e. The van der Waals surface area contributed by atoms with Gasteiger partial charge in [0, 0.05) is 12.8 Å². The normalized spacial score (nSPS) is 14.5. The number of phosphoric ester groups is 1. The first-order chi connectivity index (χ1) is 27.1. The first kappa shape index (κ1) is 52.9. The van der Waals surface area contributed by atoms with Crippen molar-refractivity contribution in [2.45, 2.75) is 167 Å². The van der Waals surface area contributed by atoms with E-state index in [0.29, 0.717) is 12.8 Å². The first-order valence-electron chi connectivity index (χ1n) is 21.0. The van der Waals surface area contributed by atoms with Crippen LogP contribution in [0.15, 0.2) is 72.9 Å². The van der Waals surface area contributed by atoms with Crippen molar-refractivity contribution < 1.29 is 47.5 Å². The summed E-state index contributed by atoms with van der Waals surface area (Å²) in [6, 6.07) is -1.53. The van der Waals surface area contributed by atoms with Crippen LogP contribution in [0.3, 0.4) is 0 Å². The minimum Gasteiger partial charge on any atom is -0.480 e. The Morgan fingerprint density at radius 3 is 1.54 bits per heavy atom. The summed E-state index contributed by atoms with van der Waals surface area (Å²) in [4.78, 5) is 45.9. The number of carboxylic acids is 1. The Labute approximate surface area is 338 Å². The Kier molecular flexibility index (Phi) is 36.6. The third-order valence-electron chi connectivity index (χ3n) is 8.44. The first-order valence-corrected chi connectivity index (χ1v) is 22.5. The zero-order valence-corrected chi connectivity index (χ0v) is 35.3. The van der Waals surface area contributed by atoms with Gasteiger partial charge in [0.05, 0.1) is 13.2 Å². The monoisotopic (exact) mass is 808 g/mol. The van der Waals surface area contributed by atoms with Crippen molar-refractivity contribution in [3.05, 3.63) is 72.9 Å². The van der Waals surface area contributed by atoms with E-state index in [1.165, 1.54) is 25.7 Å². The number of hydrogen-bond donors (Lipinski definition) is 3. The van der Waals surface area contributed by atoms with Gasteiger partial charge in [-0.2, -0.15) is 0 Å². The van der Waals surface area contributed by atoms with Crippen LogP contribution in [0.5, 0.6) is 0 Å². The van der Waals surface area contributed by atoms with Gasteiger partial charge in [-0.15, -0.1) is 0 Å². The molecule has 11 nitrogen and oxygen atoms in total. The predicted molar refractivity (Wildman–Crippen MR) is 226 cm³/mol. The van der Waals surface area contributed by atoms with Crippen LogP contribution in [0.1, 0.15) is 155 Å². The molecular weight excluding hydrogens is 733 g/mol. The van der Waals surface area contributed by atoms with Gasteiger partial charge in [-0.1, -0.05) is 132 Å². The third kappa shape index (κ3) is 37.8. The SMILES string of the molecule is CC/C=C\C/C=C\C/C=C\C/C=C\C/C=C\CCCCCC(=O)OC[C@H](COP(=O)(O)OC[C@H](N)C(=O)O)OC(=O)CCCCCCC/C=C\CCCCCC. The fourth-order valence-electron chi connectivity index (χ4n) is 5.14. The molecule has 0 saturated heterocycles. The molecule has 0 aromatic carbocycles. The topological polar surface area (TPSA) is 172 Å². The van der Waals surface area contributed by atoms with Crippen LogP contribution in [0.25, 0.3) is 0 Å². The number of allylic oxidation sites excluding steroid dienone is 12. The summed E-state index contributed by atoms with van der Waals surface area (Å²) in [5.74, 6) is -2.44. The minimum absolute atomic E-state index is 0.140. The van der Waals surface area contributed by atoms with Crippen molar-refractivity contribution in [1.82, 2.24) is 0 Å². The molecule has 0 aliphatic heterocycles. The van der Waals surface area contributed by atoms with Gasteiger partial charge in [0.25, 0.3) is 0 Å². The van der Waals surface area contributed by atoms with Gasteiger partial charge in [0.15, 0.2) is 6.10 Å². The molecular formula is C44H74NO10P. The molecule has 4 N–H and O–H groups in total. The van der Waals surface area contributed by atoms with E-state index in [-0.39, 0.29) is 19.4 Å². The van der Waals surface area contributed by atoms with Crippen molar-refractivity contribution in [3.8, 4) is 0 Å². The van der Waals surface area contributed by atoms with Crippen LogP contribution < -0.4 is 5.73 Å². The average molecular weight is 808 g/mol. The maximum absolute atomic E-state index is 12.6. The number of carboxylic acid groups (broad SMARTS) is 1. The second kappa shape index (κ2) is 38.8. The molecule has 0 rings (SSSR count). The van der Waals surface area contributed by atoms with E-state index in [4.69, 9.17) is 24.8 Å². The van der Waals surface area contributed by atoms with E-state index in [9.17, 15) is 23.8 Å². The van der Waals surface area contributed by atoms with Crippen molar-refractivity contribution in [2.75, 3.05) is 19.8 Å². The zero-order chi connectivity index (χ0) is 41.4. The van der Waals surface area contributed by atoms with Gasteiger partial charge in [0.1, 0.15) is 12.6 Å². The molecule has 56 heavy (non-hydrogen) atoms. The number of aliphatic carboxylic acids is 1. The molecule has 320 valence electrons. The maximum atomic E-state index is 12.6. The lowest BCUT2D eigenvalue weighted by Gasteiger charge is -2.20. The number of hydrogen-bond acceptors (Lipinski definition) is 9. The summed E-state index contributed by atoms with van der Waals surface area (Å²) < 4.78 is 32.6. The molecule has 0 aromatic heterocycles. The molecule has 0 bridgehead atoms. The highest BCUT2D eigenvalue weighted by Gasteiger charge is 2.28. The molecule has 1 unspecified atom stereocenters. The number of rotatable bonds is 38. The molecule has 0 heterocycles. The number of esters is 2. The Morgan fingerprint density at radius 1 is 0.571 bits per heavy atom. The molecule has 0 spiro atoms. The lowest BCUT2D eigenvalue weighted by molar-refractivity contribution is -0.161. The highest BCUT2D eigenvalue weighted by atomic mass is 31.2. The van der Waals surface area contributed by atoms with Crippen LogP contribution in [-0.2, 0) is 37.5 Å². The zero-order valence-electron chi connectivity index (χ0n) is 34.4. The average Bonchev–Trinajstić information content (AvgIpc) is 3.17. The molecule has 0 radical (unpaired) electrons. The van der Waals surface area contributed by atoms with E-state index < -0.39 is 51.1 Å². The number of phosphoric acid groups is 1. The molecule has 3 atom stereocenters. The van der Waals surface area contributed by atoms with E-state index in [1.54, 1.807) is 0 Å². The van der Waals surface area contributed by atoms with Crippen molar-refractivity contribution in [2.24, 2.45) is 5.73 Å². The van der Waals surface area contributed by atoms with E-state index in [0.717, 1.165) is 89.9 Å². The molecule has 12 heteroatoms. The second-order valence-corrected chi connectivity index (χ2v) is 15.2. The van der Waals surface area contributed by atoms with Crippen LogP contribution in [0.2, 0.25) is 0 Å². The smallest absolute Gasteiger partial charge is 0.472 e. The van der Waals surface area contributed by atoms with Gasteiger partial charge in [-0.25, -0.2) is 4.57 Å². The molecule has 0 amide bonds. The third-order valence-corrected chi connectivity index (χ3v) is 9.39. The number of carbonyl (C=O) groups excluding carboxylic acids is 2. The van der Waals surface area contributed by atoms with Gasteiger partial charge >= 0.3 is 25.7 Å². The fraction of sp³-hybridized carbons (Fsp3) is 0.659. The molecule has 0 fully saturated rings.